The molecule has 1 heterocycles. The zero-order valence-corrected chi connectivity index (χ0v) is 15.9. The molecule has 5 aliphatic rings. The molecule has 0 radical (unpaired) electrons. The largest absolute Gasteiger partial charge is 0.347 e. The predicted molar refractivity (Wildman–Crippen MR) is 95.5 cm³/mol. The third-order valence-corrected chi connectivity index (χ3v) is 9.43. The molecule has 4 aliphatic carbocycles. The highest BCUT2D eigenvalue weighted by Gasteiger charge is 2.66. The summed E-state index contributed by atoms with van der Waals surface area (Å²) in [6.07, 6.45) is 11.3. The van der Waals surface area contributed by atoms with Crippen molar-refractivity contribution in [1.29, 1.82) is 0 Å². The van der Waals surface area contributed by atoms with Gasteiger partial charge in [-0.3, -0.25) is 0 Å². The Morgan fingerprint density at radius 1 is 0.750 bits per heavy atom. The third kappa shape index (κ3) is 2.02. The number of fused-ring (bicyclic) bond motifs is 6. The van der Waals surface area contributed by atoms with E-state index in [1.54, 1.807) is 0 Å². The molecule has 0 unspecified atom stereocenters. The van der Waals surface area contributed by atoms with E-state index in [4.69, 9.17) is 9.47 Å². The standard InChI is InChI=1S/C22H36O2/c1-14-4-5-16-17-6-8-21(3)20(7-9-22(21)23-10-11-24-22)19(17)13-15(2)18(16)12-14/h14-20H,4-13H2,1-3H3/t14-,15+,16+,17+,18+,19+,20-,21-/m0/s1. The number of ether oxygens (including phenoxy) is 2. The molecule has 2 heteroatoms. The SMILES string of the molecule is C[C@H]1CC[C@@H]2[C@H]3CC[C@@]4(C)[C@@H](CCC45OCCO5)[C@@H]3C[C@@H](C)[C@H]2C1. The highest BCUT2D eigenvalue weighted by atomic mass is 16.7. The van der Waals surface area contributed by atoms with E-state index in [1.165, 1.54) is 44.9 Å². The third-order valence-electron chi connectivity index (χ3n) is 9.43. The Hall–Kier alpha value is -0.0800. The summed E-state index contributed by atoms with van der Waals surface area (Å²) in [7, 11) is 0. The van der Waals surface area contributed by atoms with Crippen molar-refractivity contribution in [2.75, 3.05) is 13.2 Å². The highest BCUT2D eigenvalue weighted by Crippen LogP contribution is 2.67. The maximum atomic E-state index is 6.28. The fourth-order valence-corrected chi connectivity index (χ4v) is 8.31. The lowest BCUT2D eigenvalue weighted by atomic mass is 9.48. The first kappa shape index (κ1) is 16.1. The Morgan fingerprint density at radius 2 is 1.50 bits per heavy atom. The lowest BCUT2D eigenvalue weighted by Crippen LogP contribution is -2.55. The van der Waals surface area contributed by atoms with Crippen molar-refractivity contribution >= 4 is 0 Å². The molecule has 1 spiro atoms. The van der Waals surface area contributed by atoms with Crippen LogP contribution in [-0.2, 0) is 9.47 Å². The van der Waals surface area contributed by atoms with Gasteiger partial charge in [0.05, 0.1) is 13.2 Å². The first-order valence-corrected chi connectivity index (χ1v) is 10.8. The van der Waals surface area contributed by atoms with Gasteiger partial charge in [0.2, 0.25) is 0 Å². The molecular formula is C22H36O2. The summed E-state index contributed by atoms with van der Waals surface area (Å²) in [6.45, 7) is 9.21. The van der Waals surface area contributed by atoms with Gasteiger partial charge in [-0.2, -0.15) is 0 Å². The van der Waals surface area contributed by atoms with Crippen molar-refractivity contribution < 1.29 is 9.47 Å². The Morgan fingerprint density at radius 3 is 2.29 bits per heavy atom. The molecule has 8 atom stereocenters. The molecule has 0 aromatic heterocycles. The topological polar surface area (TPSA) is 18.5 Å². The minimum absolute atomic E-state index is 0.218. The van der Waals surface area contributed by atoms with Gasteiger partial charge in [0.1, 0.15) is 0 Å². The van der Waals surface area contributed by atoms with Crippen LogP contribution < -0.4 is 0 Å². The first-order chi connectivity index (χ1) is 11.5. The summed E-state index contributed by atoms with van der Waals surface area (Å²) in [5.74, 6) is 6.53. The van der Waals surface area contributed by atoms with Crippen LogP contribution in [-0.4, -0.2) is 19.0 Å². The van der Waals surface area contributed by atoms with Crippen molar-refractivity contribution in [3.05, 3.63) is 0 Å². The molecule has 5 rings (SSSR count). The minimum atomic E-state index is -0.218. The summed E-state index contributed by atoms with van der Waals surface area (Å²) in [4.78, 5) is 0. The van der Waals surface area contributed by atoms with Crippen LogP contribution in [0.15, 0.2) is 0 Å². The van der Waals surface area contributed by atoms with Gasteiger partial charge in [-0.25, -0.2) is 0 Å². The minimum Gasteiger partial charge on any atom is -0.347 e. The quantitative estimate of drug-likeness (QED) is 0.602. The van der Waals surface area contributed by atoms with E-state index in [0.29, 0.717) is 0 Å². The molecule has 1 aliphatic heterocycles. The van der Waals surface area contributed by atoms with Gasteiger partial charge in [-0.1, -0.05) is 27.2 Å². The van der Waals surface area contributed by atoms with Gasteiger partial charge in [0, 0.05) is 11.8 Å². The fraction of sp³-hybridized carbons (Fsp3) is 1.00. The van der Waals surface area contributed by atoms with Crippen LogP contribution >= 0.6 is 0 Å². The van der Waals surface area contributed by atoms with E-state index in [0.717, 1.165) is 61.1 Å². The first-order valence-electron chi connectivity index (χ1n) is 10.8. The molecule has 0 bridgehead atoms. The lowest BCUT2D eigenvalue weighted by molar-refractivity contribution is -0.244. The molecule has 4 saturated carbocycles. The fourth-order valence-electron chi connectivity index (χ4n) is 8.31. The normalized spacial score (nSPS) is 55.9. The van der Waals surface area contributed by atoms with E-state index in [2.05, 4.69) is 20.8 Å². The molecule has 0 N–H and O–H groups in total. The van der Waals surface area contributed by atoms with Crippen molar-refractivity contribution in [3.63, 3.8) is 0 Å². The zero-order chi connectivity index (χ0) is 16.5. The molecule has 136 valence electrons. The van der Waals surface area contributed by atoms with Gasteiger partial charge >= 0.3 is 0 Å². The molecule has 2 nitrogen and oxygen atoms in total. The average molecular weight is 333 g/mol. The van der Waals surface area contributed by atoms with Crippen LogP contribution in [0, 0.1) is 46.8 Å². The maximum absolute atomic E-state index is 6.28. The van der Waals surface area contributed by atoms with E-state index in [-0.39, 0.29) is 11.2 Å². The van der Waals surface area contributed by atoms with Crippen molar-refractivity contribution in [1.82, 2.24) is 0 Å². The molecular weight excluding hydrogens is 296 g/mol. The smallest absolute Gasteiger partial charge is 0.174 e. The van der Waals surface area contributed by atoms with E-state index >= 15 is 0 Å². The van der Waals surface area contributed by atoms with Crippen LogP contribution in [0.25, 0.3) is 0 Å². The number of hydrogen-bond acceptors (Lipinski definition) is 2. The van der Waals surface area contributed by atoms with Crippen molar-refractivity contribution in [3.8, 4) is 0 Å². The molecule has 0 aromatic rings. The van der Waals surface area contributed by atoms with E-state index in [9.17, 15) is 0 Å². The molecule has 1 saturated heterocycles. The van der Waals surface area contributed by atoms with Gasteiger partial charge in [-0.05, 0) is 80.0 Å². The summed E-state index contributed by atoms with van der Waals surface area (Å²) in [5.41, 5.74) is 0.277. The second kappa shape index (κ2) is 5.46. The average Bonchev–Trinajstić information content (AvgIpc) is 3.15. The second-order valence-electron chi connectivity index (χ2n) is 10.3. The van der Waals surface area contributed by atoms with Crippen molar-refractivity contribution in [2.24, 2.45) is 46.8 Å². The molecule has 0 aromatic carbocycles. The zero-order valence-electron chi connectivity index (χ0n) is 15.9. The maximum Gasteiger partial charge on any atom is 0.174 e. The summed E-state index contributed by atoms with van der Waals surface area (Å²) in [5, 5.41) is 0. The number of rotatable bonds is 0. The Kier molecular flexibility index (Phi) is 3.67. The van der Waals surface area contributed by atoms with Gasteiger partial charge in [0.15, 0.2) is 5.79 Å². The molecule has 0 amide bonds. The van der Waals surface area contributed by atoms with Crippen LogP contribution in [0.4, 0.5) is 0 Å². The Labute approximate surface area is 148 Å². The van der Waals surface area contributed by atoms with Gasteiger partial charge in [-0.15, -0.1) is 0 Å². The van der Waals surface area contributed by atoms with Crippen LogP contribution in [0.5, 0.6) is 0 Å². The summed E-state index contributed by atoms with van der Waals surface area (Å²) < 4.78 is 12.6. The lowest BCUT2D eigenvalue weighted by Gasteiger charge is -2.58. The summed E-state index contributed by atoms with van der Waals surface area (Å²) >= 11 is 0. The monoisotopic (exact) mass is 332 g/mol. The molecule has 24 heavy (non-hydrogen) atoms. The van der Waals surface area contributed by atoms with Crippen LogP contribution in [0.1, 0.15) is 72.1 Å². The van der Waals surface area contributed by atoms with Crippen molar-refractivity contribution in [2.45, 2.75) is 77.9 Å². The Balaban J connectivity index is 1.44. The number of hydrogen-bond donors (Lipinski definition) is 0. The van der Waals surface area contributed by atoms with E-state index in [1.807, 2.05) is 0 Å². The highest BCUT2D eigenvalue weighted by molar-refractivity contribution is 5.11. The van der Waals surface area contributed by atoms with Gasteiger partial charge in [0.25, 0.3) is 0 Å². The second-order valence-corrected chi connectivity index (χ2v) is 10.3. The van der Waals surface area contributed by atoms with Crippen LogP contribution in [0.3, 0.4) is 0 Å². The van der Waals surface area contributed by atoms with Crippen LogP contribution in [0.2, 0.25) is 0 Å². The summed E-state index contributed by atoms with van der Waals surface area (Å²) in [6, 6.07) is 0. The van der Waals surface area contributed by atoms with Gasteiger partial charge < -0.3 is 9.47 Å². The van der Waals surface area contributed by atoms with E-state index < -0.39 is 0 Å². The Bertz CT molecular complexity index is 496. The molecule has 5 fully saturated rings. The predicted octanol–water partition coefficient (Wildman–Crippen LogP) is 5.26.